The smallest absolute Gasteiger partial charge is 0.336 e. The van der Waals surface area contributed by atoms with Gasteiger partial charge in [-0.15, -0.1) is 0 Å². The van der Waals surface area contributed by atoms with Crippen molar-refractivity contribution in [2.24, 2.45) is 5.92 Å². The molecular weight excluding hydrogens is 202 g/mol. The Labute approximate surface area is 96.5 Å². The van der Waals surface area contributed by atoms with Crippen LogP contribution in [-0.2, 0) is 6.54 Å². The van der Waals surface area contributed by atoms with E-state index in [0.717, 1.165) is 18.5 Å². The zero-order chi connectivity index (χ0) is 12.0. The fraction of sp³-hybridized carbons (Fsp3) is 0.462. The van der Waals surface area contributed by atoms with Gasteiger partial charge in [-0.05, 0) is 24.1 Å². The number of carbonyl (C=O) groups is 1. The van der Waals surface area contributed by atoms with E-state index in [0.29, 0.717) is 18.0 Å². The molecule has 16 heavy (non-hydrogen) atoms. The van der Waals surface area contributed by atoms with Crippen LogP contribution in [0.25, 0.3) is 0 Å². The Kier molecular flexibility index (Phi) is 4.99. The molecule has 0 aliphatic rings. The zero-order valence-corrected chi connectivity index (χ0v) is 9.86. The quantitative estimate of drug-likeness (QED) is 0.776. The number of carboxylic acid groups (broad SMARTS) is 1. The third-order valence-corrected chi connectivity index (χ3v) is 2.75. The minimum Gasteiger partial charge on any atom is -0.478 e. The maximum Gasteiger partial charge on any atom is 0.336 e. The molecule has 0 spiro atoms. The Balaban J connectivity index is 2.56. The molecule has 1 aromatic rings. The highest BCUT2D eigenvalue weighted by Gasteiger charge is 2.08. The summed E-state index contributed by atoms with van der Waals surface area (Å²) in [5.74, 6) is -0.238. The summed E-state index contributed by atoms with van der Waals surface area (Å²) in [4.78, 5) is 10.9. The summed E-state index contributed by atoms with van der Waals surface area (Å²) in [7, 11) is 0. The highest BCUT2D eigenvalue weighted by molar-refractivity contribution is 5.89. The van der Waals surface area contributed by atoms with Gasteiger partial charge in [0.1, 0.15) is 0 Å². The van der Waals surface area contributed by atoms with Crippen molar-refractivity contribution in [2.45, 2.75) is 26.8 Å². The van der Waals surface area contributed by atoms with E-state index >= 15 is 0 Å². The molecule has 0 saturated carbocycles. The summed E-state index contributed by atoms with van der Waals surface area (Å²) in [6.45, 7) is 5.87. The summed E-state index contributed by atoms with van der Waals surface area (Å²) in [5.41, 5.74) is 1.23. The van der Waals surface area contributed by atoms with E-state index in [4.69, 9.17) is 5.11 Å². The topological polar surface area (TPSA) is 49.3 Å². The molecule has 0 saturated heterocycles. The molecule has 88 valence electrons. The molecule has 0 amide bonds. The standard InChI is InChI=1S/C13H19NO2/c1-3-10(2)8-14-9-11-6-4-5-7-12(11)13(15)16/h4-7,10,14H,3,8-9H2,1-2H3,(H,15,16). The van der Waals surface area contributed by atoms with Crippen LogP contribution in [0.2, 0.25) is 0 Å². The first-order valence-electron chi connectivity index (χ1n) is 5.67. The maximum atomic E-state index is 10.9. The second-order valence-corrected chi connectivity index (χ2v) is 4.11. The van der Waals surface area contributed by atoms with Gasteiger partial charge in [0.15, 0.2) is 0 Å². The van der Waals surface area contributed by atoms with Gasteiger partial charge in [-0.3, -0.25) is 0 Å². The summed E-state index contributed by atoms with van der Waals surface area (Å²) < 4.78 is 0. The third-order valence-electron chi connectivity index (χ3n) is 2.75. The van der Waals surface area contributed by atoms with Crippen LogP contribution in [0, 0.1) is 5.92 Å². The molecule has 0 aliphatic carbocycles. The number of nitrogens with one attached hydrogen (secondary N) is 1. The van der Waals surface area contributed by atoms with Gasteiger partial charge in [0.05, 0.1) is 5.56 Å². The largest absolute Gasteiger partial charge is 0.478 e. The normalized spacial score (nSPS) is 12.4. The van der Waals surface area contributed by atoms with E-state index in [1.165, 1.54) is 0 Å². The van der Waals surface area contributed by atoms with Gasteiger partial charge < -0.3 is 10.4 Å². The molecule has 0 bridgehead atoms. The monoisotopic (exact) mass is 221 g/mol. The Morgan fingerprint density at radius 2 is 2.12 bits per heavy atom. The van der Waals surface area contributed by atoms with Gasteiger partial charge in [-0.25, -0.2) is 4.79 Å². The zero-order valence-electron chi connectivity index (χ0n) is 9.86. The average molecular weight is 221 g/mol. The Bertz CT molecular complexity index is 350. The van der Waals surface area contributed by atoms with Gasteiger partial charge >= 0.3 is 5.97 Å². The molecule has 0 aromatic heterocycles. The molecule has 2 N–H and O–H groups in total. The second-order valence-electron chi connectivity index (χ2n) is 4.11. The lowest BCUT2D eigenvalue weighted by molar-refractivity contribution is 0.0695. The number of aromatic carboxylic acids is 1. The average Bonchev–Trinajstić information content (AvgIpc) is 2.29. The second kappa shape index (κ2) is 6.28. The highest BCUT2D eigenvalue weighted by atomic mass is 16.4. The molecule has 1 aromatic carbocycles. The fourth-order valence-electron chi connectivity index (χ4n) is 1.48. The maximum absolute atomic E-state index is 10.9. The van der Waals surface area contributed by atoms with Gasteiger partial charge in [-0.1, -0.05) is 38.5 Å². The van der Waals surface area contributed by atoms with E-state index in [9.17, 15) is 4.79 Å². The first-order chi connectivity index (χ1) is 7.65. The van der Waals surface area contributed by atoms with Crippen molar-refractivity contribution in [1.29, 1.82) is 0 Å². The van der Waals surface area contributed by atoms with E-state index in [1.54, 1.807) is 12.1 Å². The van der Waals surface area contributed by atoms with Gasteiger partial charge in [-0.2, -0.15) is 0 Å². The van der Waals surface area contributed by atoms with Crippen molar-refractivity contribution < 1.29 is 9.90 Å². The number of carboxylic acids is 1. The van der Waals surface area contributed by atoms with Crippen molar-refractivity contribution in [3.8, 4) is 0 Å². The molecule has 1 unspecified atom stereocenters. The molecule has 3 heteroatoms. The summed E-state index contributed by atoms with van der Waals surface area (Å²) >= 11 is 0. The third kappa shape index (κ3) is 3.66. The van der Waals surface area contributed by atoms with Crippen molar-refractivity contribution >= 4 is 5.97 Å². The lowest BCUT2D eigenvalue weighted by atomic mass is 10.1. The lowest BCUT2D eigenvalue weighted by Gasteiger charge is -2.11. The van der Waals surface area contributed by atoms with Crippen LogP contribution < -0.4 is 5.32 Å². The van der Waals surface area contributed by atoms with Crippen LogP contribution in [0.1, 0.15) is 36.2 Å². The van der Waals surface area contributed by atoms with Crippen LogP contribution in [0.3, 0.4) is 0 Å². The predicted molar refractivity (Wildman–Crippen MR) is 64.6 cm³/mol. The van der Waals surface area contributed by atoms with E-state index < -0.39 is 5.97 Å². The molecule has 0 fully saturated rings. The van der Waals surface area contributed by atoms with Gasteiger partial charge in [0.2, 0.25) is 0 Å². The van der Waals surface area contributed by atoms with Gasteiger partial charge in [0, 0.05) is 6.54 Å². The first kappa shape index (κ1) is 12.7. The fourth-order valence-corrected chi connectivity index (χ4v) is 1.48. The van der Waals surface area contributed by atoms with Crippen LogP contribution in [-0.4, -0.2) is 17.6 Å². The van der Waals surface area contributed by atoms with Crippen molar-refractivity contribution in [2.75, 3.05) is 6.54 Å². The molecule has 0 aliphatic heterocycles. The van der Waals surface area contributed by atoms with Crippen molar-refractivity contribution in [3.63, 3.8) is 0 Å². The lowest BCUT2D eigenvalue weighted by Crippen LogP contribution is -2.21. The summed E-state index contributed by atoms with van der Waals surface area (Å²) in [6, 6.07) is 7.12. The molecule has 3 nitrogen and oxygen atoms in total. The Morgan fingerprint density at radius 3 is 2.75 bits per heavy atom. The van der Waals surface area contributed by atoms with E-state index in [2.05, 4.69) is 19.2 Å². The van der Waals surface area contributed by atoms with Crippen molar-refractivity contribution in [3.05, 3.63) is 35.4 Å². The van der Waals surface area contributed by atoms with Crippen molar-refractivity contribution in [1.82, 2.24) is 5.32 Å². The predicted octanol–water partition coefficient (Wildman–Crippen LogP) is 2.52. The van der Waals surface area contributed by atoms with Crippen LogP contribution in [0.5, 0.6) is 0 Å². The summed E-state index contributed by atoms with van der Waals surface area (Å²) in [5, 5.41) is 12.3. The number of rotatable bonds is 6. The Hall–Kier alpha value is -1.35. The molecule has 1 atom stereocenters. The molecular formula is C13H19NO2. The molecule has 0 radical (unpaired) electrons. The summed E-state index contributed by atoms with van der Waals surface area (Å²) in [6.07, 6.45) is 1.13. The highest BCUT2D eigenvalue weighted by Crippen LogP contribution is 2.08. The molecule has 1 rings (SSSR count). The number of hydrogen-bond acceptors (Lipinski definition) is 2. The molecule has 0 heterocycles. The van der Waals surface area contributed by atoms with E-state index in [1.807, 2.05) is 12.1 Å². The van der Waals surface area contributed by atoms with Gasteiger partial charge in [0.25, 0.3) is 0 Å². The van der Waals surface area contributed by atoms with Crippen LogP contribution >= 0.6 is 0 Å². The number of benzene rings is 1. The Morgan fingerprint density at radius 1 is 1.44 bits per heavy atom. The minimum absolute atomic E-state index is 0.388. The SMILES string of the molecule is CCC(C)CNCc1ccccc1C(=O)O. The van der Waals surface area contributed by atoms with E-state index in [-0.39, 0.29) is 0 Å². The van der Waals surface area contributed by atoms with Crippen LogP contribution in [0.15, 0.2) is 24.3 Å². The number of hydrogen-bond donors (Lipinski definition) is 2. The minimum atomic E-state index is -0.860. The van der Waals surface area contributed by atoms with Crippen LogP contribution in [0.4, 0.5) is 0 Å². The first-order valence-corrected chi connectivity index (χ1v) is 5.67.